The van der Waals surface area contributed by atoms with Gasteiger partial charge in [0.2, 0.25) is 0 Å². The third-order valence-electron chi connectivity index (χ3n) is 13.9. The Kier molecular flexibility index (Phi) is 22.7. The van der Waals surface area contributed by atoms with Crippen molar-refractivity contribution < 1.29 is 129 Å². The van der Waals surface area contributed by atoms with Gasteiger partial charge in [0.25, 0.3) is 0 Å². The third kappa shape index (κ3) is 12.9. The van der Waals surface area contributed by atoms with E-state index in [9.17, 15) is 76.6 Å². The molecule has 5 aliphatic rings. The smallest absolute Gasteiger partial charge is 0.187 e. The molecule has 0 saturated carbocycles. The fraction of sp³-hybridized carbons (Fsp3) is 1.00. The number of nitrogens with two attached hydrogens (primary N) is 1. The van der Waals surface area contributed by atoms with Gasteiger partial charge in [-0.2, -0.15) is 0 Å². The van der Waals surface area contributed by atoms with Gasteiger partial charge in [0.05, 0.1) is 64.1 Å². The minimum atomic E-state index is -2.14. The lowest BCUT2D eigenvalue weighted by atomic mass is 9.84. The van der Waals surface area contributed by atoms with E-state index in [1.54, 1.807) is 13.8 Å². The molecule has 0 radical (unpaired) electrons. The predicted molar refractivity (Wildman–Crippen MR) is 230 cm³/mol. The summed E-state index contributed by atoms with van der Waals surface area (Å²) in [6, 6.07) is 0. The molecule has 5 rings (SSSR count). The van der Waals surface area contributed by atoms with Crippen LogP contribution in [0.15, 0.2) is 0 Å². The van der Waals surface area contributed by atoms with Crippen molar-refractivity contribution in [1.29, 1.82) is 0 Å². The Morgan fingerprint density at radius 2 is 1.03 bits per heavy atom. The highest BCUT2D eigenvalue weighted by Gasteiger charge is 2.59. The first-order chi connectivity index (χ1) is 33.3. The summed E-state index contributed by atoms with van der Waals surface area (Å²) >= 11 is 0. The van der Waals surface area contributed by atoms with Crippen LogP contribution in [0.1, 0.15) is 59.8 Å². The summed E-state index contributed by atoms with van der Waals surface area (Å²) in [6.45, 7) is 1.87. The third-order valence-corrected chi connectivity index (χ3v) is 13.9. The highest BCUT2D eigenvalue weighted by Crippen LogP contribution is 2.40. The van der Waals surface area contributed by atoms with Gasteiger partial charge in [-0.3, -0.25) is 0 Å². The van der Waals surface area contributed by atoms with Gasteiger partial charge in [-0.05, 0) is 26.2 Å². The van der Waals surface area contributed by atoms with Crippen molar-refractivity contribution in [3.63, 3.8) is 0 Å². The molecule has 25 atom stereocenters. The maximum absolute atomic E-state index is 11.8. The Morgan fingerprint density at radius 1 is 0.557 bits per heavy atom. The molecule has 5 heterocycles. The Bertz CT molecular complexity index is 1530. The van der Waals surface area contributed by atoms with Gasteiger partial charge in [0.1, 0.15) is 115 Å². The van der Waals surface area contributed by atoms with Crippen LogP contribution in [-0.4, -0.2) is 288 Å². The normalized spacial score (nSPS) is 45.0. The van der Waals surface area contributed by atoms with Crippen molar-refractivity contribution in [2.75, 3.05) is 52.8 Å². The summed E-state index contributed by atoms with van der Waals surface area (Å²) < 4.78 is 66.0. The van der Waals surface area contributed by atoms with E-state index >= 15 is 0 Å². The van der Waals surface area contributed by atoms with Crippen LogP contribution in [0.5, 0.6) is 0 Å². The van der Waals surface area contributed by atoms with E-state index in [4.69, 9.17) is 57.8 Å². The standard InChI is InChI=1S/C43H79NO26/c1-5-8-18(6-2)61-35-28(56)24(52)20(12-45)64-39(35)66-32-19(51)11-43(16-49,17-50)70-41(32)69-36-29(57)25(53)21(13-46)65-40(36)68-34-27(55)23(15-48)63-38(31(34)59)67-33-26(54)22(14-47)62-37(30(33)58)42(4,7-3)60-10-9-44/h18-41,45-59H,5-17,44H2,1-4H3/t18?,19?,20?,21?,22?,23?,24-,25-,26-,27-,28?,29?,30?,31?,32?,33?,34?,35?,36?,37+,38-,39-,40-,41+,42?/m1/s1. The van der Waals surface area contributed by atoms with E-state index in [0.717, 1.165) is 0 Å². The molecule has 0 aromatic rings. The van der Waals surface area contributed by atoms with Crippen molar-refractivity contribution in [2.45, 2.75) is 218 Å². The molecular formula is C43H79NO26. The van der Waals surface area contributed by atoms with Crippen LogP contribution in [-0.2, 0) is 52.1 Å². The molecule has 0 aliphatic carbocycles. The second kappa shape index (κ2) is 26.6. The van der Waals surface area contributed by atoms with Crippen LogP contribution < -0.4 is 5.73 Å². The summed E-state index contributed by atoms with van der Waals surface area (Å²) in [5.41, 5.74) is 2.42. The molecule has 0 spiro atoms. The molecule has 27 heteroatoms. The van der Waals surface area contributed by atoms with E-state index in [0.29, 0.717) is 19.3 Å². The quantitative estimate of drug-likeness (QED) is 0.0427. The number of ether oxygens (including phenoxy) is 11. The zero-order valence-electron chi connectivity index (χ0n) is 39.8. The molecule has 17 N–H and O–H groups in total. The number of hydrogen-bond acceptors (Lipinski definition) is 27. The van der Waals surface area contributed by atoms with Gasteiger partial charge >= 0.3 is 0 Å². The van der Waals surface area contributed by atoms with E-state index in [1.165, 1.54) is 0 Å². The first kappa shape index (κ1) is 59.8. The zero-order valence-corrected chi connectivity index (χ0v) is 39.8. The molecule has 5 saturated heterocycles. The van der Waals surface area contributed by atoms with E-state index in [-0.39, 0.29) is 19.6 Å². The molecule has 0 bridgehead atoms. The average molecular weight is 1030 g/mol. The largest absolute Gasteiger partial charge is 0.394 e. The molecule has 27 nitrogen and oxygen atoms in total. The lowest BCUT2D eigenvalue weighted by molar-refractivity contribution is -0.410. The number of aliphatic hydroxyl groups is 15. The van der Waals surface area contributed by atoms with Crippen LogP contribution in [0, 0.1) is 0 Å². The van der Waals surface area contributed by atoms with Crippen LogP contribution in [0.25, 0.3) is 0 Å². The minimum absolute atomic E-state index is 0.0408. The van der Waals surface area contributed by atoms with Crippen LogP contribution >= 0.6 is 0 Å². The van der Waals surface area contributed by atoms with Crippen molar-refractivity contribution in [3.8, 4) is 0 Å². The second-order valence-electron chi connectivity index (χ2n) is 18.8. The Balaban J connectivity index is 1.48. The SMILES string of the molecule is CCCC(CC)OC1C(O)[C@H](O)C(CO)O[C@@H]1OC1C(O)CC(CO)(CO)O[C@@H]1OC1C(O)[C@H](O)C(CO)O[C@@H]1OC1C(O)[C@@H](OC2C(O)[C@@H](C(C)(CC)OCCN)OC(CO)[C@H]2O)OC(CO)[C@H]1O. The van der Waals surface area contributed by atoms with Crippen LogP contribution in [0.4, 0.5) is 0 Å². The predicted octanol–water partition coefficient (Wildman–Crippen LogP) is -7.74. The number of rotatable bonds is 24. The van der Waals surface area contributed by atoms with Crippen molar-refractivity contribution >= 4 is 0 Å². The molecular weight excluding hydrogens is 946 g/mol. The first-order valence-electron chi connectivity index (χ1n) is 24.0. The molecule has 412 valence electrons. The number of aliphatic hydroxyl groups excluding tert-OH is 15. The van der Waals surface area contributed by atoms with Crippen molar-refractivity contribution in [1.82, 2.24) is 0 Å². The zero-order chi connectivity index (χ0) is 51.8. The van der Waals surface area contributed by atoms with Gasteiger partial charge < -0.3 is 134 Å². The summed E-state index contributed by atoms with van der Waals surface area (Å²) in [4.78, 5) is 0. The highest BCUT2D eigenvalue weighted by atomic mass is 16.8. The second-order valence-corrected chi connectivity index (χ2v) is 18.8. The number of hydrogen-bond donors (Lipinski definition) is 16. The molecule has 5 aliphatic heterocycles. The summed E-state index contributed by atoms with van der Waals surface area (Å²) in [5.74, 6) is 0. The molecule has 0 aromatic carbocycles. The lowest BCUT2D eigenvalue weighted by Crippen LogP contribution is -2.69. The Hall–Kier alpha value is -1.08. The van der Waals surface area contributed by atoms with Crippen LogP contribution in [0.3, 0.4) is 0 Å². The Morgan fingerprint density at radius 3 is 1.54 bits per heavy atom. The molecule has 5 fully saturated rings. The first-order valence-corrected chi connectivity index (χ1v) is 24.0. The van der Waals surface area contributed by atoms with E-state index < -0.39 is 205 Å². The van der Waals surface area contributed by atoms with Crippen molar-refractivity contribution in [2.24, 2.45) is 5.73 Å². The maximum atomic E-state index is 11.8. The van der Waals surface area contributed by atoms with E-state index in [2.05, 4.69) is 0 Å². The summed E-state index contributed by atoms with van der Waals surface area (Å²) in [6.07, 6.45) is -40.1. The maximum Gasteiger partial charge on any atom is 0.187 e. The van der Waals surface area contributed by atoms with Crippen molar-refractivity contribution in [3.05, 3.63) is 0 Å². The van der Waals surface area contributed by atoms with Crippen LogP contribution in [0.2, 0.25) is 0 Å². The molecule has 70 heavy (non-hydrogen) atoms. The molecule has 0 aromatic heterocycles. The van der Waals surface area contributed by atoms with Gasteiger partial charge in [-0.25, -0.2) is 0 Å². The van der Waals surface area contributed by atoms with E-state index in [1.807, 2.05) is 13.8 Å². The average Bonchev–Trinajstić information content (AvgIpc) is 3.35. The topological polar surface area (TPSA) is 431 Å². The highest BCUT2D eigenvalue weighted by molar-refractivity contribution is 5.03. The summed E-state index contributed by atoms with van der Waals surface area (Å²) in [7, 11) is 0. The Labute approximate surface area is 405 Å². The fourth-order valence-corrected chi connectivity index (χ4v) is 9.46. The molecule has 0 amide bonds. The van der Waals surface area contributed by atoms with Gasteiger partial charge in [-0.15, -0.1) is 0 Å². The molecule has 16 unspecified atom stereocenters. The van der Waals surface area contributed by atoms with Gasteiger partial charge in [0, 0.05) is 13.0 Å². The van der Waals surface area contributed by atoms with Gasteiger partial charge in [0.15, 0.2) is 25.2 Å². The minimum Gasteiger partial charge on any atom is -0.394 e. The lowest BCUT2D eigenvalue weighted by Gasteiger charge is -2.51. The van der Waals surface area contributed by atoms with Gasteiger partial charge in [-0.1, -0.05) is 27.2 Å². The summed E-state index contributed by atoms with van der Waals surface area (Å²) in [5, 5.41) is 164. The fourth-order valence-electron chi connectivity index (χ4n) is 9.46. The monoisotopic (exact) mass is 1030 g/mol.